The first-order chi connectivity index (χ1) is 7.33. The zero-order valence-corrected chi connectivity index (χ0v) is 10.4. The van der Waals surface area contributed by atoms with Crippen LogP contribution < -0.4 is 0 Å². The molecule has 1 aliphatic carbocycles. The van der Waals surface area contributed by atoms with Crippen LogP contribution in [-0.2, 0) is 4.74 Å². The molecule has 0 amide bonds. The van der Waals surface area contributed by atoms with Crippen molar-refractivity contribution in [3.05, 3.63) is 12.2 Å². The fourth-order valence-corrected chi connectivity index (χ4v) is 2.63. The zero-order valence-electron chi connectivity index (χ0n) is 10.4. The molecule has 0 aromatic heterocycles. The van der Waals surface area contributed by atoms with Crippen LogP contribution in [0.15, 0.2) is 12.2 Å². The van der Waals surface area contributed by atoms with Crippen LogP contribution in [0.3, 0.4) is 0 Å². The predicted molar refractivity (Wildman–Crippen MR) is 66.1 cm³/mol. The molecule has 15 heavy (non-hydrogen) atoms. The lowest BCUT2D eigenvalue weighted by atomic mass is 9.81. The smallest absolute Gasteiger partial charge is 0.0678 e. The first-order valence-corrected chi connectivity index (χ1v) is 6.49. The largest absolute Gasteiger partial charge is 0.378 e. The van der Waals surface area contributed by atoms with Crippen molar-refractivity contribution < 1.29 is 4.74 Å². The Morgan fingerprint density at radius 1 is 1.13 bits per heavy atom. The summed E-state index contributed by atoms with van der Waals surface area (Å²) in [5, 5.41) is 0. The number of allylic oxidation sites excluding steroid dienone is 2. The summed E-state index contributed by atoms with van der Waals surface area (Å²) >= 11 is 0. The maximum absolute atomic E-state index is 5.77. The molecular weight excluding hydrogens is 184 g/mol. The molecule has 0 N–H and O–H groups in total. The number of unbranched alkanes of at least 4 members (excludes halogenated alkanes) is 2. The normalized spacial score (nSPS) is 20.9. The van der Waals surface area contributed by atoms with E-state index in [1.807, 2.05) is 7.11 Å². The molecule has 0 radical (unpaired) electrons. The van der Waals surface area contributed by atoms with E-state index >= 15 is 0 Å². The van der Waals surface area contributed by atoms with E-state index in [4.69, 9.17) is 4.74 Å². The minimum atomic E-state index is 0.244. The van der Waals surface area contributed by atoms with Crippen molar-refractivity contribution in [1.29, 1.82) is 0 Å². The summed E-state index contributed by atoms with van der Waals surface area (Å²) in [5.74, 6) is 0. The van der Waals surface area contributed by atoms with Gasteiger partial charge in [-0.1, -0.05) is 37.8 Å². The first kappa shape index (κ1) is 12.8. The van der Waals surface area contributed by atoms with Crippen LogP contribution in [0.1, 0.15) is 64.7 Å². The minimum absolute atomic E-state index is 0.244. The molecule has 1 aliphatic rings. The van der Waals surface area contributed by atoms with Crippen molar-refractivity contribution in [3.63, 3.8) is 0 Å². The van der Waals surface area contributed by atoms with E-state index in [0.717, 1.165) is 0 Å². The zero-order chi connectivity index (χ0) is 11.0. The van der Waals surface area contributed by atoms with E-state index in [9.17, 15) is 0 Å². The molecule has 0 heterocycles. The van der Waals surface area contributed by atoms with Gasteiger partial charge in [-0.2, -0.15) is 0 Å². The van der Waals surface area contributed by atoms with Crippen molar-refractivity contribution in [1.82, 2.24) is 0 Å². The molecule has 1 saturated carbocycles. The highest BCUT2D eigenvalue weighted by Gasteiger charge is 2.30. The van der Waals surface area contributed by atoms with Gasteiger partial charge in [0.1, 0.15) is 0 Å². The van der Waals surface area contributed by atoms with E-state index in [0.29, 0.717) is 0 Å². The fraction of sp³-hybridized carbons (Fsp3) is 0.857. The van der Waals surface area contributed by atoms with Gasteiger partial charge in [0.2, 0.25) is 0 Å². The number of ether oxygens (including phenoxy) is 1. The average Bonchev–Trinajstić information content (AvgIpc) is 2.30. The van der Waals surface area contributed by atoms with Gasteiger partial charge in [0.25, 0.3) is 0 Å². The van der Waals surface area contributed by atoms with Crippen LogP contribution >= 0.6 is 0 Å². The van der Waals surface area contributed by atoms with Crippen LogP contribution in [-0.4, -0.2) is 12.7 Å². The topological polar surface area (TPSA) is 9.23 Å². The Morgan fingerprint density at radius 3 is 2.47 bits per heavy atom. The monoisotopic (exact) mass is 210 g/mol. The molecule has 0 bridgehead atoms. The Morgan fingerprint density at radius 2 is 1.87 bits per heavy atom. The molecule has 0 saturated heterocycles. The maximum atomic E-state index is 5.77. The third-order valence-corrected chi connectivity index (χ3v) is 3.69. The van der Waals surface area contributed by atoms with Crippen molar-refractivity contribution in [3.8, 4) is 0 Å². The second-order valence-corrected chi connectivity index (χ2v) is 4.76. The molecule has 88 valence electrons. The Hall–Kier alpha value is -0.300. The Kier molecular flexibility index (Phi) is 6.00. The third kappa shape index (κ3) is 4.38. The highest BCUT2D eigenvalue weighted by Crippen LogP contribution is 2.35. The second-order valence-electron chi connectivity index (χ2n) is 4.76. The molecule has 1 rings (SSSR count). The number of hydrogen-bond donors (Lipinski definition) is 0. The standard InChI is InChI=1S/C14H26O/c1-3-4-5-6-8-11-14(15-2)12-9-7-10-13-14/h3-4H,5-13H2,1-2H3/b4-3+. The molecule has 0 atom stereocenters. The summed E-state index contributed by atoms with van der Waals surface area (Å²) in [6.45, 7) is 2.10. The average molecular weight is 210 g/mol. The van der Waals surface area contributed by atoms with Crippen LogP contribution in [0.25, 0.3) is 0 Å². The van der Waals surface area contributed by atoms with Crippen molar-refractivity contribution in [2.24, 2.45) is 0 Å². The van der Waals surface area contributed by atoms with Gasteiger partial charge in [-0.15, -0.1) is 0 Å². The van der Waals surface area contributed by atoms with Gasteiger partial charge in [0, 0.05) is 7.11 Å². The lowest BCUT2D eigenvalue weighted by molar-refractivity contribution is -0.0469. The molecule has 0 aliphatic heterocycles. The Labute approximate surface area is 94.9 Å². The van der Waals surface area contributed by atoms with E-state index in [1.165, 1.54) is 57.8 Å². The lowest BCUT2D eigenvalue weighted by Crippen LogP contribution is -2.33. The molecule has 0 aromatic carbocycles. The fourth-order valence-electron chi connectivity index (χ4n) is 2.63. The molecular formula is C14H26O. The Balaban J connectivity index is 2.20. The van der Waals surface area contributed by atoms with Crippen LogP contribution in [0.2, 0.25) is 0 Å². The highest BCUT2D eigenvalue weighted by atomic mass is 16.5. The molecule has 1 heteroatoms. The van der Waals surface area contributed by atoms with Gasteiger partial charge >= 0.3 is 0 Å². The van der Waals surface area contributed by atoms with E-state index in [1.54, 1.807) is 0 Å². The maximum Gasteiger partial charge on any atom is 0.0678 e. The summed E-state index contributed by atoms with van der Waals surface area (Å²) in [4.78, 5) is 0. The molecule has 1 nitrogen and oxygen atoms in total. The SMILES string of the molecule is C/C=C/CCCCC1(OC)CCCCC1. The van der Waals surface area contributed by atoms with Gasteiger partial charge in [-0.25, -0.2) is 0 Å². The Bertz CT molecular complexity index is 178. The third-order valence-electron chi connectivity index (χ3n) is 3.69. The summed E-state index contributed by atoms with van der Waals surface area (Å²) in [7, 11) is 1.90. The van der Waals surface area contributed by atoms with Crippen molar-refractivity contribution in [2.45, 2.75) is 70.3 Å². The first-order valence-electron chi connectivity index (χ1n) is 6.49. The molecule has 0 spiro atoms. The van der Waals surface area contributed by atoms with Gasteiger partial charge < -0.3 is 4.74 Å². The second kappa shape index (κ2) is 7.05. The van der Waals surface area contributed by atoms with Gasteiger partial charge in [-0.3, -0.25) is 0 Å². The van der Waals surface area contributed by atoms with E-state index in [2.05, 4.69) is 19.1 Å². The van der Waals surface area contributed by atoms with Gasteiger partial charge in [-0.05, 0) is 39.0 Å². The van der Waals surface area contributed by atoms with E-state index < -0.39 is 0 Å². The summed E-state index contributed by atoms with van der Waals surface area (Å²) in [5.41, 5.74) is 0.244. The van der Waals surface area contributed by atoms with E-state index in [-0.39, 0.29) is 5.60 Å². The van der Waals surface area contributed by atoms with Gasteiger partial charge in [0.05, 0.1) is 5.60 Å². The van der Waals surface area contributed by atoms with Crippen LogP contribution in [0.4, 0.5) is 0 Å². The quantitative estimate of drug-likeness (QED) is 0.464. The van der Waals surface area contributed by atoms with Crippen molar-refractivity contribution >= 4 is 0 Å². The van der Waals surface area contributed by atoms with Gasteiger partial charge in [0.15, 0.2) is 0 Å². The van der Waals surface area contributed by atoms with Crippen molar-refractivity contribution in [2.75, 3.05) is 7.11 Å². The molecule has 0 aromatic rings. The number of methoxy groups -OCH3 is 1. The highest BCUT2D eigenvalue weighted by molar-refractivity contribution is 4.84. The summed E-state index contributed by atoms with van der Waals surface area (Å²) in [6, 6.07) is 0. The number of rotatable bonds is 6. The summed E-state index contributed by atoms with van der Waals surface area (Å²) < 4.78 is 5.77. The minimum Gasteiger partial charge on any atom is -0.378 e. The number of hydrogen-bond acceptors (Lipinski definition) is 1. The summed E-state index contributed by atoms with van der Waals surface area (Å²) in [6.07, 6.45) is 16.2. The van der Waals surface area contributed by atoms with Crippen LogP contribution in [0, 0.1) is 0 Å². The van der Waals surface area contributed by atoms with Crippen LogP contribution in [0.5, 0.6) is 0 Å². The lowest BCUT2D eigenvalue weighted by Gasteiger charge is -2.36. The molecule has 1 fully saturated rings. The molecule has 0 unspecified atom stereocenters. The predicted octanol–water partition coefficient (Wildman–Crippen LogP) is 4.47.